The quantitative estimate of drug-likeness (QED) is 0.806. The van der Waals surface area contributed by atoms with Crippen LogP contribution in [0.5, 0.6) is 0 Å². The van der Waals surface area contributed by atoms with E-state index in [1.54, 1.807) is 11.8 Å². The first-order valence-electron chi connectivity index (χ1n) is 6.73. The fourth-order valence-corrected chi connectivity index (χ4v) is 2.65. The zero-order valence-electron chi connectivity index (χ0n) is 11.4. The molecule has 5 nitrogen and oxygen atoms in total. The summed E-state index contributed by atoms with van der Waals surface area (Å²) in [5.41, 5.74) is -0.741. The minimum absolute atomic E-state index is 0.00514. The Labute approximate surface area is 108 Å². The third-order valence-corrected chi connectivity index (χ3v) is 4.17. The van der Waals surface area contributed by atoms with Crippen LogP contribution >= 0.6 is 0 Å². The van der Waals surface area contributed by atoms with E-state index in [-0.39, 0.29) is 17.9 Å². The van der Waals surface area contributed by atoms with Gasteiger partial charge in [-0.25, -0.2) is 0 Å². The van der Waals surface area contributed by atoms with Crippen LogP contribution in [0.4, 0.5) is 0 Å². The average Bonchev–Trinajstić information content (AvgIpc) is 2.85. The summed E-state index contributed by atoms with van der Waals surface area (Å²) in [6.45, 7) is 6.79. The molecule has 0 aromatic rings. The van der Waals surface area contributed by atoms with E-state index in [4.69, 9.17) is 4.74 Å². The maximum absolute atomic E-state index is 12.3. The summed E-state index contributed by atoms with van der Waals surface area (Å²) in [6, 6.07) is -0.432. The normalized spacial score (nSPS) is 36.9. The number of nitrogens with one attached hydrogen (secondary N) is 1. The molecule has 0 radical (unpaired) electrons. The van der Waals surface area contributed by atoms with Gasteiger partial charge in [-0.15, -0.1) is 0 Å². The molecule has 2 amide bonds. The summed E-state index contributed by atoms with van der Waals surface area (Å²) >= 11 is 0. The van der Waals surface area contributed by atoms with Gasteiger partial charge in [-0.3, -0.25) is 9.59 Å². The number of ether oxygens (including phenoxy) is 1. The molecular weight excluding hydrogens is 232 g/mol. The molecule has 0 aromatic heterocycles. The number of carbonyl (C=O) groups excluding carboxylic acids is 2. The lowest BCUT2D eigenvalue weighted by molar-refractivity contribution is -0.158. The lowest BCUT2D eigenvalue weighted by atomic mass is 9.90. The number of amides is 2. The van der Waals surface area contributed by atoms with E-state index in [1.165, 1.54) is 0 Å². The Kier molecular flexibility index (Phi) is 3.61. The second-order valence-electron chi connectivity index (χ2n) is 5.41. The monoisotopic (exact) mass is 254 g/mol. The average molecular weight is 254 g/mol. The number of hydrogen-bond acceptors (Lipinski definition) is 3. The zero-order chi connectivity index (χ0) is 13.3. The van der Waals surface area contributed by atoms with Gasteiger partial charge in [-0.05, 0) is 33.1 Å². The van der Waals surface area contributed by atoms with Crippen LogP contribution in [0.25, 0.3) is 0 Å². The third kappa shape index (κ3) is 2.11. The molecule has 102 valence electrons. The van der Waals surface area contributed by atoms with Crippen molar-refractivity contribution in [2.75, 3.05) is 13.2 Å². The van der Waals surface area contributed by atoms with Crippen LogP contribution in [0.3, 0.4) is 0 Å². The van der Waals surface area contributed by atoms with Crippen molar-refractivity contribution < 1.29 is 14.3 Å². The zero-order valence-corrected chi connectivity index (χ0v) is 11.4. The Morgan fingerprint density at radius 1 is 1.50 bits per heavy atom. The van der Waals surface area contributed by atoms with E-state index in [9.17, 15) is 9.59 Å². The van der Waals surface area contributed by atoms with Gasteiger partial charge in [0.1, 0.15) is 11.6 Å². The summed E-state index contributed by atoms with van der Waals surface area (Å²) < 4.78 is 5.59. The van der Waals surface area contributed by atoms with Gasteiger partial charge in [0.05, 0.1) is 6.10 Å². The minimum Gasteiger partial charge on any atom is -0.376 e. The van der Waals surface area contributed by atoms with Crippen molar-refractivity contribution in [3.63, 3.8) is 0 Å². The molecule has 2 aliphatic rings. The second kappa shape index (κ2) is 4.88. The molecule has 0 saturated carbocycles. The van der Waals surface area contributed by atoms with Crippen LogP contribution in [0, 0.1) is 0 Å². The Hall–Kier alpha value is -1.10. The van der Waals surface area contributed by atoms with E-state index in [1.807, 2.05) is 13.8 Å². The predicted molar refractivity (Wildman–Crippen MR) is 67.0 cm³/mol. The highest BCUT2D eigenvalue weighted by atomic mass is 16.5. The van der Waals surface area contributed by atoms with Crippen LogP contribution in [0.15, 0.2) is 0 Å². The van der Waals surface area contributed by atoms with Crippen molar-refractivity contribution in [2.24, 2.45) is 0 Å². The fraction of sp³-hybridized carbons (Fsp3) is 0.846. The van der Waals surface area contributed by atoms with E-state index in [2.05, 4.69) is 5.32 Å². The molecule has 0 bridgehead atoms. The first-order chi connectivity index (χ1) is 8.49. The SMILES string of the molecule is CCC1(C)C(=O)NC(C)C(=O)N1CC1CCCO1. The highest BCUT2D eigenvalue weighted by molar-refractivity contribution is 5.99. The molecule has 2 fully saturated rings. The standard InChI is InChI=1S/C13H22N2O3/c1-4-13(3)12(17)14-9(2)11(16)15(13)8-10-6-5-7-18-10/h9-10H,4-8H2,1-3H3,(H,14,17). The minimum atomic E-state index is -0.741. The third-order valence-electron chi connectivity index (χ3n) is 4.17. The molecule has 5 heteroatoms. The van der Waals surface area contributed by atoms with Gasteiger partial charge < -0.3 is 15.0 Å². The predicted octanol–water partition coefficient (Wildman–Crippen LogP) is 0.681. The van der Waals surface area contributed by atoms with Crippen LogP contribution in [0.1, 0.15) is 40.0 Å². The number of carbonyl (C=O) groups is 2. The summed E-state index contributed by atoms with van der Waals surface area (Å²) in [5.74, 6) is -0.0652. The van der Waals surface area contributed by atoms with Gasteiger partial charge in [0.25, 0.3) is 0 Å². The number of nitrogens with zero attached hydrogens (tertiary/aromatic N) is 1. The van der Waals surface area contributed by atoms with E-state index in [0.29, 0.717) is 13.0 Å². The smallest absolute Gasteiger partial charge is 0.246 e. The molecule has 3 unspecified atom stereocenters. The van der Waals surface area contributed by atoms with E-state index < -0.39 is 11.6 Å². The van der Waals surface area contributed by atoms with Crippen LogP contribution in [-0.4, -0.2) is 47.6 Å². The Bertz CT molecular complexity index is 352. The van der Waals surface area contributed by atoms with Crippen molar-refractivity contribution in [1.82, 2.24) is 10.2 Å². The van der Waals surface area contributed by atoms with Gasteiger partial charge in [0, 0.05) is 13.2 Å². The van der Waals surface area contributed by atoms with E-state index in [0.717, 1.165) is 19.4 Å². The first-order valence-corrected chi connectivity index (χ1v) is 6.73. The summed E-state index contributed by atoms with van der Waals surface area (Å²) in [4.78, 5) is 26.1. The molecule has 2 rings (SSSR count). The Morgan fingerprint density at radius 3 is 2.78 bits per heavy atom. The number of rotatable bonds is 3. The molecule has 1 N–H and O–H groups in total. The maximum Gasteiger partial charge on any atom is 0.246 e. The molecule has 0 aromatic carbocycles. The Morgan fingerprint density at radius 2 is 2.22 bits per heavy atom. The first kappa shape index (κ1) is 13.3. The number of hydrogen-bond donors (Lipinski definition) is 1. The van der Waals surface area contributed by atoms with Gasteiger partial charge in [0.2, 0.25) is 11.8 Å². The molecule has 2 saturated heterocycles. The van der Waals surface area contributed by atoms with Crippen molar-refractivity contribution in [3.05, 3.63) is 0 Å². The molecule has 0 spiro atoms. The molecule has 18 heavy (non-hydrogen) atoms. The van der Waals surface area contributed by atoms with Gasteiger partial charge in [0.15, 0.2) is 0 Å². The van der Waals surface area contributed by atoms with Crippen LogP contribution < -0.4 is 5.32 Å². The maximum atomic E-state index is 12.3. The van der Waals surface area contributed by atoms with E-state index >= 15 is 0 Å². The lowest BCUT2D eigenvalue weighted by Crippen LogP contribution is -2.69. The second-order valence-corrected chi connectivity index (χ2v) is 5.41. The Balaban J connectivity index is 2.19. The van der Waals surface area contributed by atoms with Crippen molar-refractivity contribution >= 4 is 11.8 Å². The van der Waals surface area contributed by atoms with Crippen molar-refractivity contribution in [3.8, 4) is 0 Å². The molecule has 3 atom stereocenters. The van der Waals surface area contributed by atoms with Gasteiger partial charge in [-0.1, -0.05) is 6.92 Å². The van der Waals surface area contributed by atoms with Crippen molar-refractivity contribution in [2.45, 2.75) is 57.7 Å². The summed E-state index contributed by atoms with van der Waals surface area (Å²) in [6.07, 6.45) is 2.71. The van der Waals surface area contributed by atoms with Gasteiger partial charge >= 0.3 is 0 Å². The van der Waals surface area contributed by atoms with Crippen molar-refractivity contribution in [1.29, 1.82) is 0 Å². The largest absolute Gasteiger partial charge is 0.376 e. The number of piperazine rings is 1. The van der Waals surface area contributed by atoms with Crippen LogP contribution in [-0.2, 0) is 14.3 Å². The topological polar surface area (TPSA) is 58.6 Å². The highest BCUT2D eigenvalue weighted by Crippen LogP contribution is 2.27. The molecule has 2 aliphatic heterocycles. The molecular formula is C13H22N2O3. The summed E-state index contributed by atoms with van der Waals surface area (Å²) in [7, 11) is 0. The lowest BCUT2D eigenvalue weighted by Gasteiger charge is -2.46. The summed E-state index contributed by atoms with van der Waals surface area (Å²) in [5, 5.41) is 2.75. The molecule has 2 heterocycles. The fourth-order valence-electron chi connectivity index (χ4n) is 2.65. The molecule has 0 aliphatic carbocycles. The van der Waals surface area contributed by atoms with Gasteiger partial charge in [-0.2, -0.15) is 0 Å². The highest BCUT2D eigenvalue weighted by Gasteiger charge is 2.47. The van der Waals surface area contributed by atoms with Crippen LogP contribution in [0.2, 0.25) is 0 Å².